The fourth-order valence-electron chi connectivity index (χ4n) is 2.67. The topological polar surface area (TPSA) is 63.2 Å². The van der Waals surface area contributed by atoms with Gasteiger partial charge in [0.2, 0.25) is 0 Å². The molecule has 0 bridgehead atoms. The van der Waals surface area contributed by atoms with Crippen LogP contribution in [0.4, 0.5) is 23.7 Å². The Morgan fingerprint density at radius 1 is 1.12 bits per heavy atom. The van der Waals surface area contributed by atoms with Gasteiger partial charge in [0.1, 0.15) is 12.3 Å². The molecule has 1 aromatic carbocycles. The lowest BCUT2D eigenvalue weighted by Gasteiger charge is -2.36. The third-order valence-corrected chi connectivity index (χ3v) is 4.10. The zero-order valence-electron chi connectivity index (χ0n) is 13.8. The predicted molar refractivity (Wildman–Crippen MR) is 89.4 cm³/mol. The SMILES string of the molecule is O=C(NC1CC(Nc2ccc(C(F)(F)F)nc2)C1)OCc1ccccc1. The second-order valence-corrected chi connectivity index (χ2v) is 6.15. The second-order valence-electron chi connectivity index (χ2n) is 6.15. The molecule has 1 fully saturated rings. The molecule has 1 amide bonds. The molecule has 5 nitrogen and oxygen atoms in total. The van der Waals surface area contributed by atoms with E-state index < -0.39 is 18.0 Å². The molecule has 0 saturated heterocycles. The van der Waals surface area contributed by atoms with Crippen LogP contribution in [0.3, 0.4) is 0 Å². The largest absolute Gasteiger partial charge is 0.445 e. The molecule has 3 rings (SSSR count). The van der Waals surface area contributed by atoms with Crippen LogP contribution in [0.5, 0.6) is 0 Å². The van der Waals surface area contributed by atoms with Gasteiger partial charge >= 0.3 is 12.3 Å². The Kier molecular flexibility index (Phi) is 5.29. The van der Waals surface area contributed by atoms with Crippen LogP contribution in [0, 0.1) is 0 Å². The Morgan fingerprint density at radius 3 is 2.46 bits per heavy atom. The van der Waals surface area contributed by atoms with Gasteiger partial charge in [0.15, 0.2) is 0 Å². The van der Waals surface area contributed by atoms with E-state index >= 15 is 0 Å². The van der Waals surface area contributed by atoms with Crippen molar-refractivity contribution in [2.24, 2.45) is 0 Å². The molecule has 1 saturated carbocycles. The van der Waals surface area contributed by atoms with Gasteiger partial charge in [-0.15, -0.1) is 0 Å². The van der Waals surface area contributed by atoms with Crippen molar-refractivity contribution in [3.63, 3.8) is 0 Å². The van der Waals surface area contributed by atoms with Gasteiger partial charge in [-0.1, -0.05) is 30.3 Å². The van der Waals surface area contributed by atoms with Crippen LogP contribution in [0.25, 0.3) is 0 Å². The van der Waals surface area contributed by atoms with Crippen molar-refractivity contribution in [3.05, 3.63) is 59.9 Å². The van der Waals surface area contributed by atoms with Crippen LogP contribution in [-0.4, -0.2) is 23.2 Å². The summed E-state index contributed by atoms with van der Waals surface area (Å²) >= 11 is 0. The summed E-state index contributed by atoms with van der Waals surface area (Å²) in [6.45, 7) is 0.207. The number of halogens is 3. The van der Waals surface area contributed by atoms with Gasteiger partial charge in [-0.2, -0.15) is 13.2 Å². The normalized spacial score (nSPS) is 19.3. The number of alkyl carbamates (subject to hydrolysis) is 1. The van der Waals surface area contributed by atoms with Crippen molar-refractivity contribution < 1.29 is 22.7 Å². The average molecular weight is 365 g/mol. The fourth-order valence-corrected chi connectivity index (χ4v) is 2.67. The number of anilines is 1. The first-order valence-electron chi connectivity index (χ1n) is 8.17. The van der Waals surface area contributed by atoms with E-state index in [-0.39, 0.29) is 18.7 Å². The van der Waals surface area contributed by atoms with E-state index in [2.05, 4.69) is 15.6 Å². The number of amides is 1. The van der Waals surface area contributed by atoms with Gasteiger partial charge in [-0.3, -0.25) is 0 Å². The van der Waals surface area contributed by atoms with Crippen molar-refractivity contribution in [2.75, 3.05) is 5.32 Å². The predicted octanol–water partition coefficient (Wildman–Crippen LogP) is 3.97. The fraction of sp³-hybridized carbons (Fsp3) is 0.333. The molecule has 8 heteroatoms. The quantitative estimate of drug-likeness (QED) is 0.842. The van der Waals surface area contributed by atoms with E-state index in [1.165, 1.54) is 6.07 Å². The maximum Gasteiger partial charge on any atom is 0.433 e. The summed E-state index contributed by atoms with van der Waals surface area (Å²) in [5.41, 5.74) is 0.510. The minimum absolute atomic E-state index is 0.0156. The first-order chi connectivity index (χ1) is 12.4. The van der Waals surface area contributed by atoms with Gasteiger partial charge in [-0.05, 0) is 30.5 Å². The number of carbonyl (C=O) groups is 1. The third kappa shape index (κ3) is 4.87. The van der Waals surface area contributed by atoms with Crippen LogP contribution < -0.4 is 10.6 Å². The van der Waals surface area contributed by atoms with E-state index in [9.17, 15) is 18.0 Å². The summed E-state index contributed by atoms with van der Waals surface area (Å²) in [6.07, 6.45) is -2.42. The molecule has 1 aliphatic carbocycles. The zero-order chi connectivity index (χ0) is 18.6. The number of benzene rings is 1. The molecule has 138 valence electrons. The summed E-state index contributed by atoms with van der Waals surface area (Å²) in [5, 5.41) is 5.86. The number of nitrogens with zero attached hydrogens (tertiary/aromatic N) is 1. The number of rotatable bonds is 5. The Balaban J connectivity index is 1.37. The Morgan fingerprint density at radius 2 is 1.85 bits per heavy atom. The Hall–Kier alpha value is -2.77. The molecule has 0 aliphatic heterocycles. The number of hydrogen-bond donors (Lipinski definition) is 2. The molecule has 26 heavy (non-hydrogen) atoms. The molecule has 1 aromatic heterocycles. The van der Waals surface area contributed by atoms with E-state index in [1.807, 2.05) is 30.3 Å². The minimum Gasteiger partial charge on any atom is -0.445 e. The van der Waals surface area contributed by atoms with Crippen molar-refractivity contribution in [3.8, 4) is 0 Å². The van der Waals surface area contributed by atoms with Gasteiger partial charge in [0.25, 0.3) is 0 Å². The van der Waals surface area contributed by atoms with E-state index in [4.69, 9.17) is 4.74 Å². The van der Waals surface area contributed by atoms with E-state index in [1.54, 1.807) is 0 Å². The highest BCUT2D eigenvalue weighted by Crippen LogP contribution is 2.29. The molecule has 1 aliphatic rings. The van der Waals surface area contributed by atoms with Crippen molar-refractivity contribution in [2.45, 2.75) is 37.7 Å². The van der Waals surface area contributed by atoms with Gasteiger partial charge in [0.05, 0.1) is 11.9 Å². The molecular weight excluding hydrogens is 347 g/mol. The van der Waals surface area contributed by atoms with Crippen LogP contribution in [-0.2, 0) is 17.5 Å². The number of carbonyl (C=O) groups excluding carboxylic acids is 1. The highest BCUT2D eigenvalue weighted by molar-refractivity contribution is 5.67. The first kappa shape index (κ1) is 18.0. The molecule has 0 atom stereocenters. The number of hydrogen-bond acceptors (Lipinski definition) is 4. The van der Waals surface area contributed by atoms with Crippen LogP contribution >= 0.6 is 0 Å². The summed E-state index contributed by atoms with van der Waals surface area (Å²) in [7, 11) is 0. The highest BCUT2D eigenvalue weighted by Gasteiger charge is 2.33. The number of nitrogens with one attached hydrogen (secondary N) is 2. The number of pyridine rings is 1. The van der Waals surface area contributed by atoms with Gasteiger partial charge < -0.3 is 15.4 Å². The first-order valence-corrected chi connectivity index (χ1v) is 8.17. The smallest absolute Gasteiger partial charge is 0.433 e. The number of alkyl halides is 3. The summed E-state index contributed by atoms with van der Waals surface area (Å²) in [6, 6.07) is 11.7. The molecule has 0 unspecified atom stereocenters. The molecule has 0 radical (unpaired) electrons. The maximum atomic E-state index is 12.5. The molecular formula is C18H18F3N3O2. The zero-order valence-corrected chi connectivity index (χ0v) is 13.8. The van der Waals surface area contributed by atoms with Crippen LogP contribution in [0.15, 0.2) is 48.7 Å². The van der Waals surface area contributed by atoms with Crippen molar-refractivity contribution in [1.82, 2.24) is 10.3 Å². The average Bonchev–Trinajstić information content (AvgIpc) is 2.58. The molecule has 1 heterocycles. The van der Waals surface area contributed by atoms with Crippen molar-refractivity contribution in [1.29, 1.82) is 0 Å². The summed E-state index contributed by atoms with van der Waals surface area (Å²) in [4.78, 5) is 15.2. The summed E-state index contributed by atoms with van der Waals surface area (Å²) in [5.74, 6) is 0. The van der Waals surface area contributed by atoms with Crippen LogP contribution in [0.2, 0.25) is 0 Å². The van der Waals surface area contributed by atoms with Crippen molar-refractivity contribution >= 4 is 11.8 Å². The number of aromatic nitrogens is 1. The highest BCUT2D eigenvalue weighted by atomic mass is 19.4. The lowest BCUT2D eigenvalue weighted by atomic mass is 9.87. The van der Waals surface area contributed by atoms with Gasteiger partial charge in [-0.25, -0.2) is 9.78 Å². The molecule has 2 N–H and O–H groups in total. The van der Waals surface area contributed by atoms with Crippen LogP contribution in [0.1, 0.15) is 24.1 Å². The van der Waals surface area contributed by atoms with Gasteiger partial charge in [0, 0.05) is 12.1 Å². The molecule has 2 aromatic rings. The Bertz CT molecular complexity index is 730. The minimum atomic E-state index is -4.44. The second kappa shape index (κ2) is 7.63. The van der Waals surface area contributed by atoms with E-state index in [0.717, 1.165) is 17.8 Å². The lowest BCUT2D eigenvalue weighted by Crippen LogP contribution is -2.49. The van der Waals surface area contributed by atoms with E-state index in [0.29, 0.717) is 18.5 Å². The molecule has 0 spiro atoms. The standard InChI is InChI=1S/C18H18F3N3O2/c19-18(20,21)16-7-6-13(10-22-16)23-14-8-15(9-14)24-17(25)26-11-12-4-2-1-3-5-12/h1-7,10,14-15,23H,8-9,11H2,(H,24,25). The third-order valence-electron chi connectivity index (χ3n) is 4.10. The lowest BCUT2D eigenvalue weighted by molar-refractivity contribution is -0.141. The number of ether oxygens (including phenoxy) is 1. The Labute approximate surface area is 148 Å². The maximum absolute atomic E-state index is 12.5. The monoisotopic (exact) mass is 365 g/mol. The summed E-state index contributed by atoms with van der Waals surface area (Å²) < 4.78 is 42.6.